The monoisotopic (exact) mass is 444 g/mol. The lowest BCUT2D eigenvalue weighted by Gasteiger charge is -2.29. The molecule has 1 aliphatic heterocycles. The topological polar surface area (TPSA) is 88.1 Å². The largest absolute Gasteiger partial charge is 0.493 e. The second-order valence-electron chi connectivity index (χ2n) is 6.45. The Bertz CT molecular complexity index is 1100. The smallest absolute Gasteiger partial charge is 0.331 e. The fourth-order valence-electron chi connectivity index (χ4n) is 3.16. The predicted molar refractivity (Wildman–Crippen MR) is 115 cm³/mol. The summed E-state index contributed by atoms with van der Waals surface area (Å²) in [4.78, 5) is 26.7. The van der Waals surface area contributed by atoms with Crippen LogP contribution in [0.1, 0.15) is 21.3 Å². The van der Waals surface area contributed by atoms with Gasteiger partial charge in [0.05, 0.1) is 17.0 Å². The number of ether oxygens (including phenoxy) is 2. The minimum Gasteiger partial charge on any atom is -0.493 e. The summed E-state index contributed by atoms with van der Waals surface area (Å²) in [7, 11) is 1.52. The van der Waals surface area contributed by atoms with Crippen LogP contribution in [0, 0.1) is 0 Å². The normalized spacial score (nSPS) is 13.9. The van der Waals surface area contributed by atoms with E-state index < -0.39 is 12.0 Å². The summed E-state index contributed by atoms with van der Waals surface area (Å²) in [6.45, 7) is 0.0461. The van der Waals surface area contributed by atoms with Gasteiger partial charge in [-0.05, 0) is 48.5 Å². The van der Waals surface area contributed by atoms with Gasteiger partial charge in [-0.25, -0.2) is 4.79 Å². The zero-order valence-corrected chi connectivity index (χ0v) is 17.4. The number of amides is 1. The Morgan fingerprint density at radius 2 is 2.00 bits per heavy atom. The molecule has 1 atom stereocenters. The molecule has 30 heavy (non-hydrogen) atoms. The number of thiophene rings is 1. The summed E-state index contributed by atoms with van der Waals surface area (Å²) in [6, 6.07) is 14.5. The first-order valence-electron chi connectivity index (χ1n) is 8.94. The highest BCUT2D eigenvalue weighted by atomic mass is 35.5. The lowest BCUT2D eigenvalue weighted by molar-refractivity contribution is -0.138. The van der Waals surface area contributed by atoms with Gasteiger partial charge in [0.15, 0.2) is 24.3 Å². The Labute approximate surface area is 181 Å². The maximum absolute atomic E-state index is 12.9. The number of hydrogen-bond acceptors (Lipinski definition) is 6. The lowest BCUT2D eigenvalue weighted by atomic mass is 10.1. The molecule has 0 radical (unpaired) electrons. The number of carbonyl (C=O) groups is 2. The van der Waals surface area contributed by atoms with E-state index in [4.69, 9.17) is 21.1 Å². The summed E-state index contributed by atoms with van der Waals surface area (Å²) in [5.41, 5.74) is 1.65. The Morgan fingerprint density at radius 3 is 2.63 bits per heavy atom. The second kappa shape index (κ2) is 8.25. The number of methoxy groups -OCH3 is 1. The predicted octanol–water partition coefficient (Wildman–Crippen LogP) is 4.64. The molecule has 2 heterocycles. The zero-order valence-electron chi connectivity index (χ0n) is 15.8. The molecule has 1 unspecified atom stereocenters. The van der Waals surface area contributed by atoms with Crippen molar-refractivity contribution in [2.24, 2.45) is 0 Å². The molecule has 0 saturated heterocycles. The summed E-state index contributed by atoms with van der Waals surface area (Å²) >= 11 is 7.14. The second-order valence-corrected chi connectivity index (χ2v) is 8.19. The van der Waals surface area contributed by atoms with E-state index in [0.717, 1.165) is 0 Å². The molecule has 0 aliphatic carbocycles. The van der Waals surface area contributed by atoms with Crippen LogP contribution < -0.4 is 19.7 Å². The Kier molecular flexibility index (Phi) is 5.52. The van der Waals surface area contributed by atoms with E-state index in [0.29, 0.717) is 37.7 Å². The average Bonchev–Trinajstić information content (AvgIpc) is 3.18. The molecule has 9 heteroatoms. The molecule has 4 rings (SSSR count). The molecule has 0 fully saturated rings. The fraction of sp³-hybridized carbons (Fsp3) is 0.143. The van der Waals surface area contributed by atoms with Gasteiger partial charge in [0, 0.05) is 16.3 Å². The maximum atomic E-state index is 12.9. The highest BCUT2D eigenvalue weighted by Gasteiger charge is 2.29. The van der Waals surface area contributed by atoms with E-state index in [-0.39, 0.29) is 12.6 Å². The lowest BCUT2D eigenvalue weighted by Crippen LogP contribution is -2.38. The molecule has 0 bridgehead atoms. The minimum absolute atomic E-state index is 0.0461. The molecule has 0 spiro atoms. The van der Waals surface area contributed by atoms with Crippen LogP contribution in [0.25, 0.3) is 0 Å². The van der Waals surface area contributed by atoms with Gasteiger partial charge in [-0.2, -0.15) is 0 Å². The number of carboxylic acids is 1. The number of anilines is 2. The molecule has 2 N–H and O–H groups in total. The van der Waals surface area contributed by atoms with E-state index in [9.17, 15) is 14.7 Å². The van der Waals surface area contributed by atoms with Crippen LogP contribution >= 0.6 is 22.9 Å². The van der Waals surface area contributed by atoms with E-state index in [2.05, 4.69) is 5.32 Å². The van der Waals surface area contributed by atoms with E-state index in [1.54, 1.807) is 54.6 Å². The highest BCUT2D eigenvalue weighted by molar-refractivity contribution is 7.16. The molecule has 1 aromatic heterocycles. The van der Waals surface area contributed by atoms with Crippen molar-refractivity contribution in [2.45, 2.75) is 6.04 Å². The van der Waals surface area contributed by atoms with Crippen molar-refractivity contribution >= 4 is 46.2 Å². The van der Waals surface area contributed by atoms with Crippen molar-refractivity contribution in [1.29, 1.82) is 0 Å². The van der Waals surface area contributed by atoms with Crippen molar-refractivity contribution in [3.63, 3.8) is 0 Å². The number of benzene rings is 2. The van der Waals surface area contributed by atoms with Gasteiger partial charge in [-0.3, -0.25) is 9.69 Å². The van der Waals surface area contributed by atoms with Crippen LogP contribution in [0.5, 0.6) is 11.5 Å². The Morgan fingerprint density at radius 1 is 1.23 bits per heavy atom. The van der Waals surface area contributed by atoms with Crippen molar-refractivity contribution in [3.8, 4) is 11.5 Å². The van der Waals surface area contributed by atoms with Gasteiger partial charge < -0.3 is 19.9 Å². The van der Waals surface area contributed by atoms with E-state index in [1.807, 2.05) is 0 Å². The molecular formula is C21H17ClN2O5S. The van der Waals surface area contributed by atoms with Gasteiger partial charge in [0.25, 0.3) is 5.91 Å². The number of nitrogens with one attached hydrogen (secondary N) is 1. The first-order chi connectivity index (χ1) is 14.5. The number of aliphatic carboxylic acids is 1. The van der Waals surface area contributed by atoms with Crippen molar-refractivity contribution in [2.75, 3.05) is 24.1 Å². The zero-order chi connectivity index (χ0) is 21.3. The quantitative estimate of drug-likeness (QED) is 0.575. The van der Waals surface area contributed by atoms with Crippen molar-refractivity contribution in [1.82, 2.24) is 0 Å². The third-order valence-corrected chi connectivity index (χ3v) is 5.92. The van der Waals surface area contributed by atoms with E-state index >= 15 is 0 Å². The average molecular weight is 445 g/mol. The number of hydrogen-bond donors (Lipinski definition) is 2. The molecule has 7 nitrogen and oxygen atoms in total. The van der Waals surface area contributed by atoms with Gasteiger partial charge in [-0.1, -0.05) is 17.7 Å². The standard InChI is InChI=1S/C21H17ClN2O5S/c1-28-15-4-2-3-14-19(15)29-11-24(20(14)25)13-7-5-12(6-8-13)23-18(21(26)27)16-9-10-17(22)30-16/h2-10,18,23H,11H2,1H3,(H,26,27). The van der Waals surface area contributed by atoms with Crippen LogP contribution in [0.3, 0.4) is 0 Å². The Balaban J connectivity index is 1.53. The molecular weight excluding hydrogens is 428 g/mol. The Hall–Kier alpha value is -3.23. The number of rotatable bonds is 6. The first kappa shape index (κ1) is 20.1. The van der Waals surface area contributed by atoms with Crippen LogP contribution in [-0.4, -0.2) is 30.8 Å². The van der Waals surface area contributed by atoms with E-state index in [1.165, 1.54) is 23.3 Å². The third kappa shape index (κ3) is 3.79. The third-order valence-electron chi connectivity index (χ3n) is 4.63. The summed E-state index contributed by atoms with van der Waals surface area (Å²) < 4.78 is 11.5. The molecule has 3 aromatic rings. The molecule has 154 valence electrons. The van der Waals surface area contributed by atoms with Crippen LogP contribution in [0.2, 0.25) is 4.34 Å². The number of carboxylic acid groups (broad SMARTS) is 1. The molecule has 1 amide bonds. The van der Waals surface area contributed by atoms with Crippen LogP contribution in [-0.2, 0) is 4.79 Å². The fourth-order valence-corrected chi connectivity index (χ4v) is 4.27. The molecule has 1 aliphatic rings. The van der Waals surface area contributed by atoms with Gasteiger partial charge >= 0.3 is 5.97 Å². The summed E-state index contributed by atoms with van der Waals surface area (Å²) in [6.07, 6.45) is 0. The van der Waals surface area contributed by atoms with Gasteiger partial charge in [0.2, 0.25) is 0 Å². The number of fused-ring (bicyclic) bond motifs is 1. The minimum atomic E-state index is -1.01. The molecule has 0 saturated carbocycles. The highest BCUT2D eigenvalue weighted by Crippen LogP contribution is 2.36. The number of nitrogens with zero attached hydrogens (tertiary/aromatic N) is 1. The summed E-state index contributed by atoms with van der Waals surface area (Å²) in [5, 5.41) is 12.5. The van der Waals surface area contributed by atoms with Crippen molar-refractivity contribution < 1.29 is 24.2 Å². The van der Waals surface area contributed by atoms with Crippen molar-refractivity contribution in [3.05, 3.63) is 69.4 Å². The van der Waals surface area contributed by atoms with Gasteiger partial charge in [-0.15, -0.1) is 11.3 Å². The first-order valence-corrected chi connectivity index (χ1v) is 10.1. The van der Waals surface area contributed by atoms with Gasteiger partial charge in [0.1, 0.15) is 0 Å². The number of halogens is 1. The number of carbonyl (C=O) groups excluding carboxylic acids is 1. The maximum Gasteiger partial charge on any atom is 0.331 e. The SMILES string of the molecule is COc1cccc2c1OCN(c1ccc(NC(C(=O)O)c3ccc(Cl)s3)cc1)C2=O. The van der Waals surface area contributed by atoms with Crippen LogP contribution in [0.15, 0.2) is 54.6 Å². The number of para-hydroxylation sites is 1. The van der Waals surface area contributed by atoms with Crippen LogP contribution in [0.4, 0.5) is 11.4 Å². The summed E-state index contributed by atoms with van der Waals surface area (Å²) in [5.74, 6) is -0.276. The molecule has 2 aromatic carbocycles.